The van der Waals surface area contributed by atoms with E-state index in [1.54, 1.807) is 0 Å². The zero-order valence-electron chi connectivity index (χ0n) is 4.90. The predicted molar refractivity (Wildman–Crippen MR) is 27.6 cm³/mol. The minimum atomic E-state index is -1.56. The number of amides is 1. The highest BCUT2D eigenvalue weighted by atomic mass is 16.5. The van der Waals surface area contributed by atoms with Gasteiger partial charge in [-0.3, -0.25) is 10.0 Å². The van der Waals surface area contributed by atoms with Gasteiger partial charge in [-0.25, -0.2) is 5.48 Å². The monoisotopic (exact) mass is 135 g/mol. The third kappa shape index (κ3) is 2.41. The SMILES string of the molecule is C[C@@H](O)[C@H](O)C(=O)NO. The van der Waals surface area contributed by atoms with Gasteiger partial charge in [-0.15, -0.1) is 0 Å². The number of aliphatic hydroxyl groups excluding tert-OH is 2. The van der Waals surface area contributed by atoms with Crippen molar-refractivity contribution in [2.45, 2.75) is 19.1 Å². The lowest BCUT2D eigenvalue weighted by atomic mass is 10.2. The van der Waals surface area contributed by atoms with Crippen molar-refractivity contribution in [1.29, 1.82) is 0 Å². The van der Waals surface area contributed by atoms with Gasteiger partial charge < -0.3 is 10.2 Å². The Morgan fingerprint density at radius 1 is 1.56 bits per heavy atom. The fraction of sp³-hybridized carbons (Fsp3) is 0.750. The van der Waals surface area contributed by atoms with Crippen molar-refractivity contribution in [1.82, 2.24) is 5.48 Å². The molecule has 5 heteroatoms. The fourth-order valence-electron chi connectivity index (χ4n) is 0.285. The van der Waals surface area contributed by atoms with Crippen molar-refractivity contribution in [2.24, 2.45) is 0 Å². The molecule has 4 N–H and O–H groups in total. The van der Waals surface area contributed by atoms with E-state index in [1.807, 2.05) is 0 Å². The molecule has 0 spiro atoms. The number of hydrogen-bond donors (Lipinski definition) is 4. The molecule has 54 valence electrons. The first kappa shape index (κ1) is 8.35. The van der Waals surface area contributed by atoms with E-state index in [9.17, 15) is 4.79 Å². The first-order valence-corrected chi connectivity index (χ1v) is 2.39. The van der Waals surface area contributed by atoms with E-state index in [1.165, 1.54) is 12.4 Å². The molecule has 0 aromatic heterocycles. The molecule has 0 rings (SSSR count). The molecule has 1 amide bonds. The molecule has 0 aromatic carbocycles. The van der Waals surface area contributed by atoms with E-state index in [0.717, 1.165) is 0 Å². The zero-order chi connectivity index (χ0) is 7.44. The van der Waals surface area contributed by atoms with E-state index < -0.39 is 18.1 Å². The minimum Gasteiger partial charge on any atom is -0.390 e. The van der Waals surface area contributed by atoms with Crippen LogP contribution >= 0.6 is 0 Å². The van der Waals surface area contributed by atoms with Gasteiger partial charge in [0.05, 0.1) is 6.10 Å². The van der Waals surface area contributed by atoms with Crippen LogP contribution in [-0.2, 0) is 4.79 Å². The molecule has 9 heavy (non-hydrogen) atoms. The molecular formula is C4H9NO4. The van der Waals surface area contributed by atoms with Gasteiger partial charge in [0.15, 0.2) is 6.10 Å². The topological polar surface area (TPSA) is 89.8 Å². The van der Waals surface area contributed by atoms with Crippen LogP contribution in [0.3, 0.4) is 0 Å². The molecule has 0 unspecified atom stereocenters. The molecule has 0 radical (unpaired) electrons. The molecule has 0 fully saturated rings. The average molecular weight is 135 g/mol. The number of hydroxylamine groups is 1. The second-order valence-corrected chi connectivity index (χ2v) is 1.66. The van der Waals surface area contributed by atoms with Gasteiger partial charge >= 0.3 is 0 Å². The van der Waals surface area contributed by atoms with E-state index in [4.69, 9.17) is 15.4 Å². The maximum atomic E-state index is 10.2. The minimum absolute atomic E-state index is 1.01. The van der Waals surface area contributed by atoms with Crippen LogP contribution in [-0.4, -0.2) is 33.5 Å². The third-order valence-corrected chi connectivity index (χ3v) is 0.836. The van der Waals surface area contributed by atoms with Crippen LogP contribution in [0.2, 0.25) is 0 Å². The number of nitrogens with one attached hydrogen (secondary N) is 1. The van der Waals surface area contributed by atoms with Gasteiger partial charge in [0.2, 0.25) is 0 Å². The van der Waals surface area contributed by atoms with E-state index in [2.05, 4.69) is 0 Å². The fourth-order valence-corrected chi connectivity index (χ4v) is 0.285. The van der Waals surface area contributed by atoms with Crippen LogP contribution in [0.5, 0.6) is 0 Å². The van der Waals surface area contributed by atoms with Gasteiger partial charge in [0, 0.05) is 0 Å². The molecule has 2 atom stereocenters. The molecule has 0 saturated carbocycles. The molecule has 0 aliphatic rings. The lowest BCUT2D eigenvalue weighted by Crippen LogP contribution is -2.39. The summed E-state index contributed by atoms with van der Waals surface area (Å²) in [5.41, 5.74) is 1.20. The van der Waals surface area contributed by atoms with Crippen LogP contribution in [0.25, 0.3) is 0 Å². The Labute approximate surface area is 51.9 Å². The predicted octanol–water partition coefficient (Wildman–Crippen LogP) is -1.77. The summed E-state index contributed by atoms with van der Waals surface area (Å²) in [6.07, 6.45) is -2.73. The summed E-state index contributed by atoms with van der Waals surface area (Å²) in [7, 11) is 0. The molecular weight excluding hydrogens is 126 g/mol. The summed E-state index contributed by atoms with van der Waals surface area (Å²) in [5, 5.41) is 25.0. The van der Waals surface area contributed by atoms with Crippen molar-refractivity contribution in [3.63, 3.8) is 0 Å². The average Bonchev–Trinajstić information content (AvgIpc) is 1.84. The zero-order valence-corrected chi connectivity index (χ0v) is 4.90. The Bertz CT molecular complexity index is 103. The number of carbonyl (C=O) groups excluding carboxylic acids is 1. The quantitative estimate of drug-likeness (QED) is 0.266. The van der Waals surface area contributed by atoms with Gasteiger partial charge in [-0.05, 0) is 6.92 Å². The van der Waals surface area contributed by atoms with Crippen LogP contribution in [0.4, 0.5) is 0 Å². The number of aliphatic hydroxyl groups is 2. The van der Waals surface area contributed by atoms with Gasteiger partial charge in [-0.2, -0.15) is 0 Å². The standard InChI is InChI=1S/C4H9NO4/c1-2(6)3(7)4(8)5-9/h2-3,6-7,9H,1H3,(H,5,8)/t2-,3+/m1/s1. The van der Waals surface area contributed by atoms with Crippen molar-refractivity contribution in [2.75, 3.05) is 0 Å². The summed E-state index contributed by atoms with van der Waals surface area (Å²) in [4.78, 5) is 10.2. The lowest BCUT2D eigenvalue weighted by molar-refractivity contribution is -0.143. The molecule has 0 aromatic rings. The third-order valence-electron chi connectivity index (χ3n) is 0.836. The summed E-state index contributed by atoms with van der Waals surface area (Å²) in [6, 6.07) is 0. The number of hydrogen-bond acceptors (Lipinski definition) is 4. The van der Waals surface area contributed by atoms with Crippen LogP contribution < -0.4 is 5.48 Å². The van der Waals surface area contributed by atoms with E-state index in [-0.39, 0.29) is 0 Å². The Morgan fingerprint density at radius 3 is 2.11 bits per heavy atom. The summed E-state index contributed by atoms with van der Waals surface area (Å²) in [6.45, 7) is 1.24. The Morgan fingerprint density at radius 2 is 2.00 bits per heavy atom. The highest BCUT2D eigenvalue weighted by Gasteiger charge is 2.18. The first-order chi connectivity index (χ1) is 4.09. The van der Waals surface area contributed by atoms with Crippen LogP contribution in [0, 0.1) is 0 Å². The highest BCUT2D eigenvalue weighted by molar-refractivity contribution is 5.79. The van der Waals surface area contributed by atoms with E-state index in [0.29, 0.717) is 0 Å². The van der Waals surface area contributed by atoms with Crippen LogP contribution in [0.1, 0.15) is 6.92 Å². The highest BCUT2D eigenvalue weighted by Crippen LogP contribution is 1.89. The molecule has 0 bridgehead atoms. The van der Waals surface area contributed by atoms with Gasteiger partial charge in [0.25, 0.3) is 5.91 Å². The normalized spacial score (nSPS) is 16.4. The summed E-state index contributed by atoms with van der Waals surface area (Å²) < 4.78 is 0. The molecule has 0 aliphatic heterocycles. The molecule has 0 saturated heterocycles. The van der Waals surface area contributed by atoms with Crippen molar-refractivity contribution in [3.05, 3.63) is 0 Å². The molecule has 0 heterocycles. The van der Waals surface area contributed by atoms with Crippen molar-refractivity contribution < 1.29 is 20.2 Å². The largest absolute Gasteiger partial charge is 0.390 e. The van der Waals surface area contributed by atoms with Gasteiger partial charge in [-0.1, -0.05) is 0 Å². The smallest absolute Gasteiger partial charge is 0.274 e. The maximum absolute atomic E-state index is 10.2. The number of rotatable bonds is 2. The summed E-state index contributed by atoms with van der Waals surface area (Å²) in [5.74, 6) is -1.01. The van der Waals surface area contributed by atoms with Crippen LogP contribution in [0.15, 0.2) is 0 Å². The first-order valence-electron chi connectivity index (χ1n) is 2.39. The Hall–Kier alpha value is -0.650. The lowest BCUT2D eigenvalue weighted by Gasteiger charge is -2.09. The second-order valence-electron chi connectivity index (χ2n) is 1.66. The Balaban J connectivity index is 3.72. The second kappa shape index (κ2) is 3.39. The number of carbonyl (C=O) groups is 1. The molecule has 0 aliphatic carbocycles. The maximum Gasteiger partial charge on any atom is 0.274 e. The Kier molecular flexibility index (Phi) is 3.15. The van der Waals surface area contributed by atoms with Crippen molar-refractivity contribution >= 4 is 5.91 Å². The summed E-state index contributed by atoms with van der Waals surface area (Å²) >= 11 is 0. The van der Waals surface area contributed by atoms with Gasteiger partial charge in [0.1, 0.15) is 0 Å². The van der Waals surface area contributed by atoms with Crippen molar-refractivity contribution in [3.8, 4) is 0 Å². The molecule has 5 nitrogen and oxygen atoms in total. The van der Waals surface area contributed by atoms with E-state index >= 15 is 0 Å².